The lowest BCUT2D eigenvalue weighted by Crippen LogP contribution is -2.22. The van der Waals surface area contributed by atoms with Gasteiger partial charge in [0.2, 0.25) is 0 Å². The molecule has 0 spiro atoms. The molecule has 0 aromatic rings. The Morgan fingerprint density at radius 2 is 2.00 bits per heavy atom. The first-order valence-corrected chi connectivity index (χ1v) is 4.30. The second-order valence-electron chi connectivity index (χ2n) is 2.43. The Balaban J connectivity index is 2.73. The molecule has 0 aliphatic rings. The first-order valence-electron chi connectivity index (χ1n) is 4.30. The highest BCUT2D eigenvalue weighted by Gasteiger charge is 1.88. The van der Waals surface area contributed by atoms with Crippen LogP contribution in [0, 0.1) is 0 Å². The van der Waals surface area contributed by atoms with Gasteiger partial charge in [-0.3, -0.25) is 0 Å². The highest BCUT2D eigenvalue weighted by molar-refractivity contribution is 4.45. The Labute approximate surface area is 73.9 Å². The van der Waals surface area contributed by atoms with Crippen LogP contribution in [-0.2, 0) is 9.47 Å². The Morgan fingerprint density at radius 1 is 1.17 bits per heavy atom. The predicted octanol–water partition coefficient (Wildman–Crippen LogP) is -0.379. The lowest BCUT2D eigenvalue weighted by Gasteiger charge is -2.04. The summed E-state index contributed by atoms with van der Waals surface area (Å²) < 4.78 is 10.0. The van der Waals surface area contributed by atoms with Gasteiger partial charge in [0, 0.05) is 20.3 Å². The van der Waals surface area contributed by atoms with E-state index in [0.717, 1.165) is 19.5 Å². The molecule has 0 saturated heterocycles. The van der Waals surface area contributed by atoms with E-state index in [2.05, 4.69) is 5.32 Å². The second-order valence-corrected chi connectivity index (χ2v) is 2.43. The molecule has 0 bridgehead atoms. The zero-order valence-electron chi connectivity index (χ0n) is 7.71. The van der Waals surface area contributed by atoms with Crippen LogP contribution in [0.1, 0.15) is 6.42 Å². The molecule has 0 radical (unpaired) electrons. The van der Waals surface area contributed by atoms with E-state index in [1.807, 2.05) is 0 Å². The molecule has 0 heterocycles. The molecule has 0 rings (SSSR count). The molecule has 4 heteroatoms. The number of hydrogen-bond acceptors (Lipinski definition) is 4. The van der Waals surface area contributed by atoms with Crippen molar-refractivity contribution in [3.63, 3.8) is 0 Å². The second kappa shape index (κ2) is 10.8. The molecule has 74 valence electrons. The van der Waals surface area contributed by atoms with Crippen molar-refractivity contribution in [1.29, 1.82) is 0 Å². The van der Waals surface area contributed by atoms with Crippen LogP contribution >= 0.6 is 0 Å². The van der Waals surface area contributed by atoms with Crippen molar-refractivity contribution in [2.75, 3.05) is 46.6 Å². The van der Waals surface area contributed by atoms with E-state index in [9.17, 15) is 0 Å². The Kier molecular flexibility index (Phi) is 10.7. The summed E-state index contributed by atoms with van der Waals surface area (Å²) in [6, 6.07) is 0. The van der Waals surface area contributed by atoms with Crippen LogP contribution < -0.4 is 5.32 Å². The van der Waals surface area contributed by atoms with Gasteiger partial charge in [-0.1, -0.05) is 0 Å². The normalized spacial score (nSPS) is 10.5. The number of aliphatic hydroxyl groups excluding tert-OH is 1. The smallest absolute Gasteiger partial charge is 0.0700 e. The van der Waals surface area contributed by atoms with E-state index in [0.29, 0.717) is 19.8 Å². The maximum Gasteiger partial charge on any atom is 0.0700 e. The van der Waals surface area contributed by atoms with Gasteiger partial charge in [-0.15, -0.1) is 0 Å². The van der Waals surface area contributed by atoms with Crippen molar-refractivity contribution in [1.82, 2.24) is 5.32 Å². The summed E-state index contributed by atoms with van der Waals surface area (Å²) in [5.74, 6) is 0. The fourth-order valence-electron chi connectivity index (χ4n) is 0.718. The van der Waals surface area contributed by atoms with E-state index >= 15 is 0 Å². The third-order valence-electron chi connectivity index (χ3n) is 1.37. The SMILES string of the molecule is COCCOCCNCCCO. The maximum absolute atomic E-state index is 8.45. The van der Waals surface area contributed by atoms with E-state index in [4.69, 9.17) is 14.6 Å². The molecular formula is C8H19NO3. The zero-order valence-corrected chi connectivity index (χ0v) is 7.71. The quantitative estimate of drug-likeness (QED) is 0.471. The Hall–Kier alpha value is -0.160. The fraction of sp³-hybridized carbons (Fsp3) is 1.00. The molecule has 0 amide bonds. The molecule has 0 aromatic carbocycles. The predicted molar refractivity (Wildman–Crippen MR) is 47.3 cm³/mol. The van der Waals surface area contributed by atoms with Gasteiger partial charge >= 0.3 is 0 Å². The summed E-state index contributed by atoms with van der Waals surface area (Å²) in [5, 5.41) is 11.6. The number of nitrogens with one attached hydrogen (secondary N) is 1. The highest BCUT2D eigenvalue weighted by atomic mass is 16.5. The van der Waals surface area contributed by atoms with Crippen molar-refractivity contribution in [3.8, 4) is 0 Å². The number of rotatable bonds is 9. The van der Waals surface area contributed by atoms with Crippen LogP contribution in [0.2, 0.25) is 0 Å². The number of aliphatic hydroxyl groups is 1. The van der Waals surface area contributed by atoms with Crippen LogP contribution in [0.3, 0.4) is 0 Å². The van der Waals surface area contributed by atoms with Gasteiger partial charge in [0.1, 0.15) is 0 Å². The average Bonchev–Trinajstić information content (AvgIpc) is 2.10. The average molecular weight is 177 g/mol. The number of methoxy groups -OCH3 is 1. The third-order valence-corrected chi connectivity index (χ3v) is 1.37. The number of hydrogen-bond donors (Lipinski definition) is 2. The molecule has 4 nitrogen and oxygen atoms in total. The van der Waals surface area contributed by atoms with Crippen LogP contribution in [0.25, 0.3) is 0 Å². The zero-order chi connectivity index (χ0) is 9.07. The minimum absolute atomic E-state index is 0.248. The first kappa shape index (κ1) is 11.8. The molecule has 0 atom stereocenters. The summed E-state index contributed by atoms with van der Waals surface area (Å²) in [6.45, 7) is 3.94. The minimum Gasteiger partial charge on any atom is -0.396 e. The van der Waals surface area contributed by atoms with Gasteiger partial charge < -0.3 is 19.9 Å². The molecule has 0 fully saturated rings. The Bertz CT molecular complexity index is 70.7. The van der Waals surface area contributed by atoms with Crippen molar-refractivity contribution >= 4 is 0 Å². The van der Waals surface area contributed by atoms with Crippen molar-refractivity contribution < 1.29 is 14.6 Å². The van der Waals surface area contributed by atoms with E-state index in [-0.39, 0.29) is 6.61 Å². The largest absolute Gasteiger partial charge is 0.396 e. The summed E-state index contributed by atoms with van der Waals surface area (Å²) in [6.07, 6.45) is 0.804. The van der Waals surface area contributed by atoms with Crippen LogP contribution in [0.4, 0.5) is 0 Å². The lowest BCUT2D eigenvalue weighted by atomic mass is 10.4. The van der Waals surface area contributed by atoms with Gasteiger partial charge in [0.05, 0.1) is 19.8 Å². The standard InChI is InChI=1S/C8H19NO3/c1-11-7-8-12-6-4-9-3-2-5-10/h9-10H,2-8H2,1H3. The van der Waals surface area contributed by atoms with Crippen molar-refractivity contribution in [3.05, 3.63) is 0 Å². The van der Waals surface area contributed by atoms with Gasteiger partial charge in [-0.05, 0) is 13.0 Å². The van der Waals surface area contributed by atoms with Crippen molar-refractivity contribution in [2.45, 2.75) is 6.42 Å². The van der Waals surface area contributed by atoms with Gasteiger partial charge in [-0.25, -0.2) is 0 Å². The van der Waals surface area contributed by atoms with E-state index in [1.165, 1.54) is 0 Å². The van der Waals surface area contributed by atoms with Crippen LogP contribution in [0.5, 0.6) is 0 Å². The molecule has 0 aliphatic carbocycles. The van der Waals surface area contributed by atoms with Gasteiger partial charge in [-0.2, -0.15) is 0 Å². The highest BCUT2D eigenvalue weighted by Crippen LogP contribution is 1.75. The summed E-state index contributed by atoms with van der Waals surface area (Å²) in [7, 11) is 1.66. The van der Waals surface area contributed by atoms with Crippen LogP contribution in [0.15, 0.2) is 0 Å². The van der Waals surface area contributed by atoms with E-state index in [1.54, 1.807) is 7.11 Å². The topological polar surface area (TPSA) is 50.7 Å². The third kappa shape index (κ3) is 9.84. The molecular weight excluding hydrogens is 158 g/mol. The Morgan fingerprint density at radius 3 is 2.67 bits per heavy atom. The summed E-state index contributed by atoms with van der Waals surface area (Å²) in [4.78, 5) is 0. The van der Waals surface area contributed by atoms with E-state index < -0.39 is 0 Å². The van der Waals surface area contributed by atoms with Gasteiger partial charge in [0.25, 0.3) is 0 Å². The first-order chi connectivity index (χ1) is 5.91. The molecule has 0 unspecified atom stereocenters. The molecule has 0 aliphatic heterocycles. The fourth-order valence-corrected chi connectivity index (χ4v) is 0.718. The maximum atomic E-state index is 8.45. The van der Waals surface area contributed by atoms with Crippen molar-refractivity contribution in [2.24, 2.45) is 0 Å². The number of ether oxygens (including phenoxy) is 2. The minimum atomic E-state index is 0.248. The van der Waals surface area contributed by atoms with Gasteiger partial charge in [0.15, 0.2) is 0 Å². The summed E-state index contributed by atoms with van der Waals surface area (Å²) >= 11 is 0. The molecule has 0 aromatic heterocycles. The monoisotopic (exact) mass is 177 g/mol. The molecule has 0 saturated carbocycles. The molecule has 2 N–H and O–H groups in total. The van der Waals surface area contributed by atoms with Crippen LogP contribution in [-0.4, -0.2) is 51.7 Å². The lowest BCUT2D eigenvalue weighted by molar-refractivity contribution is 0.0719. The molecule has 12 heavy (non-hydrogen) atoms. The summed E-state index contributed by atoms with van der Waals surface area (Å²) in [5.41, 5.74) is 0.